The van der Waals surface area contributed by atoms with Crippen molar-refractivity contribution in [3.63, 3.8) is 0 Å². The lowest BCUT2D eigenvalue weighted by molar-refractivity contribution is 0.249. The Morgan fingerprint density at radius 1 is 0.882 bits per heavy atom. The maximum atomic E-state index is 2.70. The van der Waals surface area contributed by atoms with Gasteiger partial charge >= 0.3 is 0 Å². The molecule has 0 N–H and O–H groups in total. The second-order valence-electron chi connectivity index (χ2n) is 11.5. The Morgan fingerprint density at radius 2 is 1.56 bits per heavy atom. The molecule has 3 fully saturated rings. The molecule has 1 aromatic rings. The van der Waals surface area contributed by atoms with E-state index >= 15 is 0 Å². The first-order valence-corrected chi connectivity index (χ1v) is 14.1. The summed E-state index contributed by atoms with van der Waals surface area (Å²) in [7, 11) is 4.47. The van der Waals surface area contributed by atoms with Gasteiger partial charge in [-0.15, -0.1) is 0 Å². The second-order valence-corrected chi connectivity index (χ2v) is 11.5. The fourth-order valence-electron chi connectivity index (χ4n) is 6.37. The van der Waals surface area contributed by atoms with E-state index in [9.17, 15) is 0 Å². The van der Waals surface area contributed by atoms with Gasteiger partial charge in [-0.2, -0.15) is 0 Å². The Balaban J connectivity index is 1.52. The third kappa shape index (κ3) is 6.18. The van der Waals surface area contributed by atoms with E-state index in [-0.39, 0.29) is 0 Å². The Morgan fingerprint density at radius 3 is 2.15 bits per heavy atom. The standard InChI is InChI=1S/C30H50N4/c1-6-7-16-32-19-21-34(22-20-32)30-13-12-28(33-17-14-27(15-18-33)31(4)5)23-29(30)26-10-8-25(9-11-26)24(2)3/h12-13,23,26-27H,6-11,14-22H2,1-5H3. The van der Waals surface area contributed by atoms with E-state index in [1.807, 2.05) is 0 Å². The van der Waals surface area contributed by atoms with Crippen LogP contribution < -0.4 is 9.80 Å². The van der Waals surface area contributed by atoms with Crippen LogP contribution in [0.25, 0.3) is 0 Å². The number of hydrogen-bond donors (Lipinski definition) is 0. The number of anilines is 2. The lowest BCUT2D eigenvalue weighted by atomic mass is 9.79. The van der Waals surface area contributed by atoms with E-state index in [1.54, 1.807) is 16.7 Å². The summed E-state index contributed by atoms with van der Waals surface area (Å²) in [6.45, 7) is 15.3. The maximum Gasteiger partial charge on any atom is 0.0404 e. The molecule has 0 amide bonds. The van der Waals surface area contributed by atoms with Crippen LogP contribution in [-0.2, 0) is 0 Å². The molecule has 0 spiro atoms. The fourth-order valence-corrected chi connectivity index (χ4v) is 6.37. The van der Waals surface area contributed by atoms with Crippen LogP contribution in [0.15, 0.2) is 29.3 Å². The number of rotatable bonds is 7. The number of piperidine rings is 1. The van der Waals surface area contributed by atoms with Gasteiger partial charge in [0.25, 0.3) is 0 Å². The number of hydrogen-bond acceptors (Lipinski definition) is 4. The summed E-state index contributed by atoms with van der Waals surface area (Å²) in [5.74, 6) is 0.704. The molecule has 1 saturated carbocycles. The van der Waals surface area contributed by atoms with E-state index in [2.05, 4.69) is 72.7 Å². The highest BCUT2D eigenvalue weighted by Crippen LogP contribution is 2.42. The van der Waals surface area contributed by atoms with Crippen LogP contribution in [-0.4, -0.2) is 75.8 Å². The summed E-state index contributed by atoms with van der Waals surface area (Å²) in [4.78, 5) is 10.4. The summed E-state index contributed by atoms with van der Waals surface area (Å²) in [6.07, 6.45) is 10.4. The lowest BCUT2D eigenvalue weighted by Crippen LogP contribution is -2.47. The van der Waals surface area contributed by atoms with Gasteiger partial charge in [-0.1, -0.05) is 24.5 Å². The first-order chi connectivity index (χ1) is 16.5. The minimum atomic E-state index is 0.704. The van der Waals surface area contributed by atoms with Crippen molar-refractivity contribution in [2.24, 2.45) is 0 Å². The smallest absolute Gasteiger partial charge is 0.0404 e. The van der Waals surface area contributed by atoms with Gasteiger partial charge in [-0.3, -0.25) is 4.90 Å². The van der Waals surface area contributed by atoms with Gasteiger partial charge < -0.3 is 14.7 Å². The zero-order valence-electron chi connectivity index (χ0n) is 22.8. The van der Waals surface area contributed by atoms with Crippen molar-refractivity contribution in [1.82, 2.24) is 9.80 Å². The maximum absolute atomic E-state index is 2.70. The molecule has 4 heteroatoms. The van der Waals surface area contributed by atoms with Crippen molar-refractivity contribution in [2.75, 3.05) is 69.7 Å². The molecule has 0 unspecified atom stereocenters. The molecule has 0 radical (unpaired) electrons. The van der Waals surface area contributed by atoms with Crippen LogP contribution in [0.4, 0.5) is 11.4 Å². The molecule has 4 rings (SSSR count). The van der Waals surface area contributed by atoms with E-state index in [4.69, 9.17) is 0 Å². The average Bonchev–Trinajstić information content (AvgIpc) is 2.87. The quantitative estimate of drug-likeness (QED) is 0.448. The van der Waals surface area contributed by atoms with Crippen LogP contribution in [0.3, 0.4) is 0 Å². The Labute approximate surface area is 210 Å². The molecule has 1 aliphatic carbocycles. The van der Waals surface area contributed by atoms with Crippen LogP contribution >= 0.6 is 0 Å². The zero-order valence-corrected chi connectivity index (χ0v) is 22.8. The summed E-state index contributed by atoms with van der Waals surface area (Å²) < 4.78 is 0. The van der Waals surface area contributed by atoms with Crippen LogP contribution in [0.1, 0.15) is 83.6 Å². The number of benzene rings is 1. The van der Waals surface area contributed by atoms with Gasteiger partial charge in [-0.05, 0) is 109 Å². The van der Waals surface area contributed by atoms with Crippen molar-refractivity contribution >= 4 is 11.4 Å². The minimum Gasteiger partial charge on any atom is -0.371 e. The number of nitrogens with zero attached hydrogens (tertiary/aromatic N) is 4. The van der Waals surface area contributed by atoms with Crippen molar-refractivity contribution in [3.8, 4) is 0 Å². The van der Waals surface area contributed by atoms with E-state index in [0.29, 0.717) is 5.92 Å². The van der Waals surface area contributed by atoms with Gasteiger partial charge in [0.2, 0.25) is 0 Å². The number of unbranched alkanes of at least 4 members (excludes halogenated alkanes) is 1. The van der Waals surface area contributed by atoms with E-state index < -0.39 is 0 Å². The van der Waals surface area contributed by atoms with Gasteiger partial charge in [-0.25, -0.2) is 0 Å². The topological polar surface area (TPSA) is 13.0 Å². The molecular formula is C30H50N4. The van der Waals surface area contributed by atoms with Gasteiger partial charge in [0.15, 0.2) is 0 Å². The highest BCUT2D eigenvalue weighted by atomic mass is 15.3. The zero-order chi connectivity index (χ0) is 24.1. The Bertz CT molecular complexity index is 799. The van der Waals surface area contributed by atoms with E-state index in [1.165, 1.54) is 109 Å². The second kappa shape index (κ2) is 11.9. The SMILES string of the molecule is CCCCN1CCN(c2ccc(N3CCC(N(C)C)CC3)cc2C2CCC(=C(C)C)CC2)CC1. The third-order valence-electron chi connectivity index (χ3n) is 8.85. The molecule has 3 aliphatic rings. The fraction of sp³-hybridized carbons (Fsp3) is 0.733. The first-order valence-electron chi connectivity index (χ1n) is 14.1. The number of piperazine rings is 1. The van der Waals surface area contributed by atoms with Crippen molar-refractivity contribution in [2.45, 2.75) is 84.1 Å². The summed E-state index contributed by atoms with van der Waals surface area (Å²) in [5, 5.41) is 0. The first kappa shape index (κ1) is 25.6. The van der Waals surface area contributed by atoms with E-state index in [0.717, 1.165) is 6.04 Å². The monoisotopic (exact) mass is 466 g/mol. The summed E-state index contributed by atoms with van der Waals surface area (Å²) in [6, 6.07) is 8.26. The minimum absolute atomic E-state index is 0.704. The van der Waals surface area contributed by atoms with Crippen molar-refractivity contribution in [1.29, 1.82) is 0 Å². The van der Waals surface area contributed by atoms with Gasteiger partial charge in [0.1, 0.15) is 0 Å². The third-order valence-corrected chi connectivity index (χ3v) is 8.85. The molecule has 0 bridgehead atoms. The lowest BCUT2D eigenvalue weighted by Gasteiger charge is -2.40. The number of allylic oxidation sites excluding steroid dienone is 2. The summed E-state index contributed by atoms with van der Waals surface area (Å²) in [5.41, 5.74) is 7.91. The van der Waals surface area contributed by atoms with Gasteiger partial charge in [0.05, 0.1) is 0 Å². The molecule has 0 atom stereocenters. The molecule has 190 valence electrons. The van der Waals surface area contributed by atoms with Crippen LogP contribution in [0.2, 0.25) is 0 Å². The van der Waals surface area contributed by atoms with Crippen LogP contribution in [0.5, 0.6) is 0 Å². The Hall–Kier alpha value is -1.52. The highest BCUT2D eigenvalue weighted by molar-refractivity contribution is 5.64. The van der Waals surface area contributed by atoms with Crippen LogP contribution in [0, 0.1) is 0 Å². The molecule has 2 aliphatic heterocycles. The largest absolute Gasteiger partial charge is 0.371 e. The molecular weight excluding hydrogens is 416 g/mol. The van der Waals surface area contributed by atoms with Crippen molar-refractivity contribution in [3.05, 3.63) is 34.9 Å². The Kier molecular flexibility index (Phi) is 8.98. The molecule has 34 heavy (non-hydrogen) atoms. The predicted octanol–water partition coefficient (Wildman–Crippen LogP) is 6.13. The van der Waals surface area contributed by atoms with Crippen molar-refractivity contribution < 1.29 is 0 Å². The van der Waals surface area contributed by atoms with Gasteiger partial charge in [0, 0.05) is 56.7 Å². The average molecular weight is 467 g/mol. The molecule has 0 aromatic heterocycles. The molecule has 4 nitrogen and oxygen atoms in total. The summed E-state index contributed by atoms with van der Waals surface area (Å²) >= 11 is 0. The predicted molar refractivity (Wildman–Crippen MR) is 149 cm³/mol. The molecule has 2 saturated heterocycles. The molecule has 1 aromatic carbocycles. The normalized spacial score (nSPS) is 23.1. The molecule has 2 heterocycles. The highest BCUT2D eigenvalue weighted by Gasteiger charge is 2.27.